The molecule has 3 rings (SSSR count). The first-order valence-corrected chi connectivity index (χ1v) is 9.44. The Balaban J connectivity index is 1.75. The Morgan fingerprint density at radius 1 is 1.18 bits per heavy atom. The summed E-state index contributed by atoms with van der Waals surface area (Å²) in [6, 6.07) is 10.4. The van der Waals surface area contributed by atoms with E-state index in [1.807, 2.05) is 25.1 Å². The van der Waals surface area contributed by atoms with Gasteiger partial charge in [0, 0.05) is 19.2 Å². The van der Waals surface area contributed by atoms with Crippen LogP contribution in [-0.2, 0) is 4.74 Å². The maximum atomic E-state index is 10.9. The van der Waals surface area contributed by atoms with Crippen LogP contribution >= 0.6 is 11.3 Å². The molecule has 8 nitrogen and oxygen atoms in total. The minimum Gasteiger partial charge on any atom is -0.493 e. The number of rotatable bonds is 9. The molecule has 1 N–H and O–H groups in total. The number of nitro benzene ring substituents is 1. The van der Waals surface area contributed by atoms with Gasteiger partial charge in [-0.15, -0.1) is 0 Å². The van der Waals surface area contributed by atoms with Crippen LogP contribution < -0.4 is 14.8 Å². The molecule has 148 valence electrons. The number of non-ortho nitro benzene ring substituents is 1. The Bertz CT molecular complexity index is 975. The molecule has 0 spiro atoms. The van der Waals surface area contributed by atoms with Crippen LogP contribution in [-0.4, -0.2) is 37.3 Å². The van der Waals surface area contributed by atoms with Gasteiger partial charge in [-0.1, -0.05) is 17.4 Å². The van der Waals surface area contributed by atoms with Crippen molar-refractivity contribution >= 4 is 32.4 Å². The van der Waals surface area contributed by atoms with Gasteiger partial charge in [-0.25, -0.2) is 4.98 Å². The number of hydrogen-bond acceptors (Lipinski definition) is 8. The number of nitrogens with one attached hydrogen (secondary N) is 1. The number of nitrogens with zero attached hydrogens (tertiary/aromatic N) is 2. The average Bonchev–Trinajstić information content (AvgIpc) is 3.09. The van der Waals surface area contributed by atoms with Crippen LogP contribution in [0.4, 0.5) is 10.8 Å². The van der Waals surface area contributed by atoms with E-state index in [0.29, 0.717) is 29.8 Å². The molecule has 0 amide bonds. The van der Waals surface area contributed by atoms with Crippen LogP contribution in [0.3, 0.4) is 0 Å². The topological polar surface area (TPSA) is 95.8 Å². The first-order valence-electron chi connectivity index (χ1n) is 8.63. The lowest BCUT2D eigenvalue weighted by Crippen LogP contribution is -2.08. The van der Waals surface area contributed by atoms with Gasteiger partial charge in [0.25, 0.3) is 5.69 Å². The van der Waals surface area contributed by atoms with Gasteiger partial charge in [-0.05, 0) is 30.7 Å². The number of fused-ring (bicyclic) bond motifs is 1. The number of anilines is 1. The molecule has 0 fully saturated rings. The van der Waals surface area contributed by atoms with Crippen molar-refractivity contribution in [2.75, 3.05) is 32.8 Å². The van der Waals surface area contributed by atoms with Crippen molar-refractivity contribution in [3.05, 3.63) is 52.1 Å². The van der Waals surface area contributed by atoms with Crippen molar-refractivity contribution in [2.24, 2.45) is 0 Å². The highest BCUT2D eigenvalue weighted by atomic mass is 32.1. The van der Waals surface area contributed by atoms with Gasteiger partial charge in [-0.3, -0.25) is 10.1 Å². The summed E-state index contributed by atoms with van der Waals surface area (Å²) in [6.07, 6.45) is 0. The molecule has 1 unspecified atom stereocenters. The maximum absolute atomic E-state index is 10.9. The van der Waals surface area contributed by atoms with E-state index in [1.54, 1.807) is 20.3 Å². The third kappa shape index (κ3) is 4.49. The highest BCUT2D eigenvalue weighted by molar-refractivity contribution is 7.22. The van der Waals surface area contributed by atoms with Crippen LogP contribution in [0.5, 0.6) is 11.5 Å². The largest absolute Gasteiger partial charge is 0.493 e. The summed E-state index contributed by atoms with van der Waals surface area (Å²) in [4.78, 5) is 15.0. The fourth-order valence-electron chi connectivity index (χ4n) is 2.66. The number of methoxy groups -OCH3 is 2. The van der Waals surface area contributed by atoms with Crippen molar-refractivity contribution in [1.82, 2.24) is 4.98 Å². The van der Waals surface area contributed by atoms with E-state index in [0.717, 1.165) is 15.8 Å². The van der Waals surface area contributed by atoms with Crippen LogP contribution in [0, 0.1) is 10.1 Å². The zero-order valence-corrected chi connectivity index (χ0v) is 16.6. The summed E-state index contributed by atoms with van der Waals surface area (Å²) < 4.78 is 16.8. The van der Waals surface area contributed by atoms with Gasteiger partial charge in [0.05, 0.1) is 34.9 Å². The smallest absolute Gasteiger partial charge is 0.270 e. The monoisotopic (exact) mass is 403 g/mol. The molecule has 0 saturated heterocycles. The van der Waals surface area contributed by atoms with E-state index in [1.165, 1.54) is 23.5 Å². The summed E-state index contributed by atoms with van der Waals surface area (Å²) >= 11 is 1.38. The van der Waals surface area contributed by atoms with Gasteiger partial charge in [0.2, 0.25) is 0 Å². The van der Waals surface area contributed by atoms with Crippen LogP contribution in [0.15, 0.2) is 36.4 Å². The van der Waals surface area contributed by atoms with Crippen molar-refractivity contribution < 1.29 is 19.1 Å². The van der Waals surface area contributed by atoms with E-state index >= 15 is 0 Å². The lowest BCUT2D eigenvalue weighted by atomic mass is 10.1. The number of benzene rings is 2. The molecular formula is C19H21N3O5S. The van der Waals surface area contributed by atoms with E-state index in [-0.39, 0.29) is 11.7 Å². The van der Waals surface area contributed by atoms with Gasteiger partial charge < -0.3 is 19.5 Å². The normalized spacial score (nSPS) is 12.0. The third-order valence-corrected chi connectivity index (χ3v) is 5.10. The predicted octanol–water partition coefficient (Wildman–Crippen LogP) is 4.41. The van der Waals surface area contributed by atoms with E-state index in [4.69, 9.17) is 14.2 Å². The van der Waals surface area contributed by atoms with E-state index < -0.39 is 4.92 Å². The standard InChI is InChI=1S/C19H21N3O5S/c1-12(13-4-7-16(17(10-13)26-3)27-9-8-25-2)20-19-21-15-6-5-14(22(23)24)11-18(15)28-19/h4-7,10-12H,8-9H2,1-3H3,(H,20,21). The number of hydrogen-bond donors (Lipinski definition) is 1. The van der Waals surface area contributed by atoms with Crippen LogP contribution in [0.25, 0.3) is 10.2 Å². The molecule has 1 heterocycles. The predicted molar refractivity (Wildman–Crippen MR) is 109 cm³/mol. The maximum Gasteiger partial charge on any atom is 0.270 e. The lowest BCUT2D eigenvalue weighted by Gasteiger charge is -2.16. The molecule has 0 saturated carbocycles. The summed E-state index contributed by atoms with van der Waals surface area (Å²) in [5.41, 5.74) is 1.79. The number of aromatic nitrogens is 1. The summed E-state index contributed by atoms with van der Waals surface area (Å²) in [5, 5.41) is 15.0. The zero-order chi connectivity index (χ0) is 20.1. The Labute approximate surface area is 166 Å². The quantitative estimate of drug-likeness (QED) is 0.321. The molecule has 1 atom stereocenters. The van der Waals surface area contributed by atoms with Gasteiger partial charge in [-0.2, -0.15) is 0 Å². The molecule has 0 radical (unpaired) electrons. The second-order valence-electron chi connectivity index (χ2n) is 6.05. The van der Waals surface area contributed by atoms with Crippen molar-refractivity contribution in [2.45, 2.75) is 13.0 Å². The molecule has 2 aromatic carbocycles. The highest BCUT2D eigenvalue weighted by Gasteiger charge is 2.14. The zero-order valence-electron chi connectivity index (χ0n) is 15.8. The van der Waals surface area contributed by atoms with Crippen molar-refractivity contribution in [3.63, 3.8) is 0 Å². The lowest BCUT2D eigenvalue weighted by molar-refractivity contribution is -0.384. The minimum atomic E-state index is -0.405. The minimum absolute atomic E-state index is 0.0440. The SMILES string of the molecule is COCCOc1ccc(C(C)Nc2nc3ccc([N+](=O)[O-])cc3s2)cc1OC. The highest BCUT2D eigenvalue weighted by Crippen LogP contribution is 2.34. The number of ether oxygens (including phenoxy) is 3. The molecule has 3 aromatic rings. The second-order valence-corrected chi connectivity index (χ2v) is 7.08. The Morgan fingerprint density at radius 2 is 2.00 bits per heavy atom. The van der Waals surface area contributed by atoms with E-state index in [9.17, 15) is 10.1 Å². The Morgan fingerprint density at radius 3 is 2.71 bits per heavy atom. The molecule has 0 aliphatic carbocycles. The summed E-state index contributed by atoms with van der Waals surface area (Å²) in [7, 11) is 3.22. The van der Waals surface area contributed by atoms with E-state index in [2.05, 4.69) is 10.3 Å². The first kappa shape index (κ1) is 19.8. The van der Waals surface area contributed by atoms with Crippen LogP contribution in [0.2, 0.25) is 0 Å². The Hall–Kier alpha value is -2.91. The van der Waals surface area contributed by atoms with Crippen molar-refractivity contribution in [3.8, 4) is 11.5 Å². The van der Waals surface area contributed by atoms with Gasteiger partial charge in [0.15, 0.2) is 16.6 Å². The number of thiazole rings is 1. The molecule has 1 aromatic heterocycles. The average molecular weight is 403 g/mol. The second kappa shape index (κ2) is 8.85. The molecule has 28 heavy (non-hydrogen) atoms. The molecule has 9 heteroatoms. The summed E-state index contributed by atoms with van der Waals surface area (Å²) in [6.45, 7) is 2.95. The van der Waals surface area contributed by atoms with Gasteiger partial charge >= 0.3 is 0 Å². The summed E-state index contributed by atoms with van der Waals surface area (Å²) in [5.74, 6) is 1.30. The fraction of sp³-hybridized carbons (Fsp3) is 0.316. The first-order chi connectivity index (χ1) is 13.5. The molecule has 0 aliphatic rings. The molecular weight excluding hydrogens is 382 g/mol. The van der Waals surface area contributed by atoms with Crippen molar-refractivity contribution in [1.29, 1.82) is 0 Å². The Kier molecular flexibility index (Phi) is 6.27. The molecule has 0 aliphatic heterocycles. The molecule has 0 bridgehead atoms. The van der Waals surface area contributed by atoms with Crippen LogP contribution in [0.1, 0.15) is 18.5 Å². The number of nitro groups is 1. The third-order valence-electron chi connectivity index (χ3n) is 4.16. The van der Waals surface area contributed by atoms with Gasteiger partial charge in [0.1, 0.15) is 6.61 Å². The fourth-order valence-corrected chi connectivity index (χ4v) is 3.65.